The number of hydrogen-bond donors (Lipinski definition) is 2. The second kappa shape index (κ2) is 9.06. The Morgan fingerprint density at radius 1 is 1.19 bits per heavy atom. The average Bonchev–Trinajstić information content (AvgIpc) is 2.36. The number of halogens is 1. The molecule has 0 spiro atoms. The molecule has 1 aromatic rings. The lowest BCUT2D eigenvalue weighted by molar-refractivity contribution is -0.125. The molecule has 4 heteroatoms. The third kappa shape index (κ3) is 6.06. The molecular weight excluding hydrogens is 284 g/mol. The number of benzene rings is 1. The lowest BCUT2D eigenvalue weighted by Crippen LogP contribution is -2.40. The minimum absolute atomic E-state index is 0. The molecule has 1 rings (SSSR count). The van der Waals surface area contributed by atoms with Crippen LogP contribution in [0.3, 0.4) is 0 Å². The van der Waals surface area contributed by atoms with E-state index in [2.05, 4.69) is 38.2 Å². The molecule has 120 valence electrons. The molecule has 0 heterocycles. The lowest BCUT2D eigenvalue weighted by Gasteiger charge is -2.25. The lowest BCUT2D eigenvalue weighted by atomic mass is 9.93. The Labute approximate surface area is 135 Å². The number of amides is 1. The number of carbonyl (C=O) groups excluding carboxylic acids is 1. The molecule has 0 aliphatic carbocycles. The second-order valence-electron chi connectivity index (χ2n) is 6.20. The zero-order chi connectivity index (χ0) is 15.3. The van der Waals surface area contributed by atoms with E-state index < -0.39 is 0 Å². The van der Waals surface area contributed by atoms with Crippen LogP contribution < -0.4 is 11.1 Å². The summed E-state index contributed by atoms with van der Waals surface area (Å²) in [6.45, 7) is 10.2. The summed E-state index contributed by atoms with van der Waals surface area (Å²) in [7, 11) is 0. The van der Waals surface area contributed by atoms with E-state index in [0.29, 0.717) is 5.92 Å². The van der Waals surface area contributed by atoms with Crippen LogP contribution in [0.2, 0.25) is 0 Å². The third-order valence-corrected chi connectivity index (χ3v) is 3.79. The maximum atomic E-state index is 12.3. The number of aryl methyl sites for hydroxylation is 1. The van der Waals surface area contributed by atoms with Gasteiger partial charge in [0.05, 0.1) is 6.04 Å². The van der Waals surface area contributed by atoms with Crippen LogP contribution >= 0.6 is 12.4 Å². The number of nitrogens with one attached hydrogen (secondary N) is 1. The van der Waals surface area contributed by atoms with Crippen LogP contribution in [0.5, 0.6) is 0 Å². The van der Waals surface area contributed by atoms with Crippen molar-refractivity contribution in [2.75, 3.05) is 0 Å². The van der Waals surface area contributed by atoms with E-state index in [-0.39, 0.29) is 36.3 Å². The Hall–Kier alpha value is -1.06. The summed E-state index contributed by atoms with van der Waals surface area (Å²) >= 11 is 0. The van der Waals surface area contributed by atoms with E-state index in [1.165, 1.54) is 11.1 Å². The summed E-state index contributed by atoms with van der Waals surface area (Å²) in [5, 5.41) is 3.17. The topological polar surface area (TPSA) is 55.1 Å². The summed E-state index contributed by atoms with van der Waals surface area (Å²) in [5.41, 5.74) is 8.24. The summed E-state index contributed by atoms with van der Waals surface area (Å²) in [6, 6.07) is 8.16. The first kappa shape index (κ1) is 19.9. The highest BCUT2D eigenvalue weighted by Crippen LogP contribution is 2.24. The maximum Gasteiger partial charge on any atom is 0.224 e. The van der Waals surface area contributed by atoms with Crippen LogP contribution in [-0.2, 0) is 4.79 Å². The van der Waals surface area contributed by atoms with Gasteiger partial charge >= 0.3 is 0 Å². The number of nitrogens with two attached hydrogens (primary N) is 1. The molecule has 3 atom stereocenters. The van der Waals surface area contributed by atoms with E-state index in [9.17, 15) is 4.79 Å². The van der Waals surface area contributed by atoms with Gasteiger partial charge in [-0.1, -0.05) is 45.0 Å². The zero-order valence-electron chi connectivity index (χ0n) is 13.7. The van der Waals surface area contributed by atoms with Gasteiger partial charge < -0.3 is 11.1 Å². The van der Waals surface area contributed by atoms with E-state index >= 15 is 0 Å². The Kier molecular flexibility index (Phi) is 8.60. The first-order chi connectivity index (χ1) is 9.32. The average molecular weight is 313 g/mol. The molecule has 3 nitrogen and oxygen atoms in total. The molecule has 0 fully saturated rings. The van der Waals surface area contributed by atoms with Crippen LogP contribution in [0.15, 0.2) is 24.3 Å². The first-order valence-corrected chi connectivity index (χ1v) is 7.44. The van der Waals surface area contributed by atoms with E-state index in [1.807, 2.05) is 26.0 Å². The molecule has 0 saturated heterocycles. The highest BCUT2D eigenvalue weighted by molar-refractivity contribution is 5.85. The maximum absolute atomic E-state index is 12.3. The van der Waals surface area contributed by atoms with Crippen molar-refractivity contribution in [2.45, 2.75) is 53.1 Å². The Balaban J connectivity index is 0.00000400. The van der Waals surface area contributed by atoms with Crippen molar-refractivity contribution >= 4 is 18.3 Å². The van der Waals surface area contributed by atoms with Crippen molar-refractivity contribution in [2.24, 2.45) is 17.6 Å². The monoisotopic (exact) mass is 312 g/mol. The van der Waals surface area contributed by atoms with Crippen molar-refractivity contribution in [3.05, 3.63) is 35.4 Å². The van der Waals surface area contributed by atoms with Crippen molar-refractivity contribution in [1.82, 2.24) is 5.32 Å². The fourth-order valence-corrected chi connectivity index (χ4v) is 2.25. The standard InChI is InChI=1S/C17H28N2O.ClH/c1-11(2)10-16(15-9-7-6-8-12(15)3)19-17(20)13(4)14(5)18;/h6-9,11,13-14,16H,10,18H2,1-5H3,(H,19,20);1H. The van der Waals surface area contributed by atoms with Gasteiger partial charge in [-0.2, -0.15) is 0 Å². The molecular formula is C17H29ClN2O. The van der Waals surface area contributed by atoms with Gasteiger partial charge in [0.15, 0.2) is 0 Å². The normalized spacial score (nSPS) is 15.0. The smallest absolute Gasteiger partial charge is 0.224 e. The molecule has 0 radical (unpaired) electrons. The molecule has 0 bridgehead atoms. The predicted molar refractivity (Wildman–Crippen MR) is 91.6 cm³/mol. The Morgan fingerprint density at radius 2 is 1.76 bits per heavy atom. The highest BCUT2D eigenvalue weighted by Gasteiger charge is 2.22. The van der Waals surface area contributed by atoms with Crippen LogP contribution in [0.1, 0.15) is 51.3 Å². The van der Waals surface area contributed by atoms with Gasteiger partial charge in [0.25, 0.3) is 0 Å². The molecule has 1 amide bonds. The molecule has 3 N–H and O–H groups in total. The zero-order valence-corrected chi connectivity index (χ0v) is 14.5. The van der Waals surface area contributed by atoms with Crippen molar-refractivity contribution in [3.63, 3.8) is 0 Å². The highest BCUT2D eigenvalue weighted by atomic mass is 35.5. The van der Waals surface area contributed by atoms with E-state index in [1.54, 1.807) is 0 Å². The van der Waals surface area contributed by atoms with Crippen molar-refractivity contribution in [1.29, 1.82) is 0 Å². The van der Waals surface area contributed by atoms with Crippen molar-refractivity contribution < 1.29 is 4.79 Å². The minimum atomic E-state index is -0.173. The van der Waals surface area contributed by atoms with Gasteiger partial charge in [-0.15, -0.1) is 12.4 Å². The predicted octanol–water partition coefficient (Wildman–Crippen LogP) is 3.60. The van der Waals surface area contributed by atoms with E-state index in [0.717, 1.165) is 6.42 Å². The summed E-state index contributed by atoms with van der Waals surface area (Å²) in [6.07, 6.45) is 0.933. The van der Waals surface area contributed by atoms with Gasteiger partial charge in [-0.3, -0.25) is 4.79 Å². The van der Waals surface area contributed by atoms with Crippen LogP contribution in [0.25, 0.3) is 0 Å². The van der Waals surface area contributed by atoms with Crippen molar-refractivity contribution in [3.8, 4) is 0 Å². The van der Waals surface area contributed by atoms with Gasteiger partial charge in [0.2, 0.25) is 5.91 Å². The minimum Gasteiger partial charge on any atom is -0.349 e. The first-order valence-electron chi connectivity index (χ1n) is 7.44. The molecule has 0 aromatic heterocycles. The Morgan fingerprint density at radius 3 is 2.24 bits per heavy atom. The Bertz CT molecular complexity index is 446. The quantitative estimate of drug-likeness (QED) is 0.843. The summed E-state index contributed by atoms with van der Waals surface area (Å²) in [5.74, 6) is 0.382. The largest absolute Gasteiger partial charge is 0.349 e. The molecule has 0 aliphatic rings. The summed E-state index contributed by atoms with van der Waals surface area (Å²) in [4.78, 5) is 12.3. The fourth-order valence-electron chi connectivity index (χ4n) is 2.25. The van der Waals surface area contributed by atoms with Gasteiger partial charge in [-0.25, -0.2) is 0 Å². The van der Waals surface area contributed by atoms with Crippen LogP contribution in [0.4, 0.5) is 0 Å². The molecule has 21 heavy (non-hydrogen) atoms. The van der Waals surface area contributed by atoms with Crippen LogP contribution in [0, 0.1) is 18.8 Å². The molecule has 1 aromatic carbocycles. The molecule has 3 unspecified atom stereocenters. The second-order valence-corrected chi connectivity index (χ2v) is 6.20. The van der Waals surface area contributed by atoms with Gasteiger partial charge in [-0.05, 0) is 37.3 Å². The fraction of sp³-hybridized carbons (Fsp3) is 0.588. The van der Waals surface area contributed by atoms with Crippen LogP contribution in [-0.4, -0.2) is 11.9 Å². The van der Waals surface area contributed by atoms with E-state index in [4.69, 9.17) is 5.73 Å². The summed E-state index contributed by atoms with van der Waals surface area (Å²) < 4.78 is 0. The number of carbonyl (C=O) groups is 1. The SMILES string of the molecule is Cc1ccccc1C(CC(C)C)NC(=O)C(C)C(C)N.Cl. The number of hydrogen-bond acceptors (Lipinski definition) is 2. The third-order valence-electron chi connectivity index (χ3n) is 3.79. The van der Waals surface area contributed by atoms with Gasteiger partial charge in [0, 0.05) is 12.0 Å². The van der Waals surface area contributed by atoms with Gasteiger partial charge in [0.1, 0.15) is 0 Å². The number of rotatable bonds is 6. The molecule has 0 saturated carbocycles. The molecule has 0 aliphatic heterocycles.